The molecule has 1 amide bonds. The van der Waals surface area contributed by atoms with Crippen LogP contribution >= 0.6 is 0 Å². The first-order valence-electron chi connectivity index (χ1n) is 7.36. The van der Waals surface area contributed by atoms with E-state index in [0.29, 0.717) is 0 Å². The second-order valence-electron chi connectivity index (χ2n) is 5.68. The highest BCUT2D eigenvalue weighted by Crippen LogP contribution is 2.32. The Morgan fingerprint density at radius 3 is 2.52 bits per heavy atom. The van der Waals surface area contributed by atoms with Crippen molar-refractivity contribution in [2.75, 3.05) is 33.5 Å². The van der Waals surface area contributed by atoms with Crippen molar-refractivity contribution in [3.05, 3.63) is 23.8 Å². The van der Waals surface area contributed by atoms with Crippen molar-refractivity contribution in [2.45, 2.75) is 18.9 Å². The highest BCUT2D eigenvalue weighted by molar-refractivity contribution is 7.86. The summed E-state index contributed by atoms with van der Waals surface area (Å²) in [7, 11) is -0.341. The molecular weight excluding hydrogens is 320 g/mol. The van der Waals surface area contributed by atoms with Crippen molar-refractivity contribution >= 4 is 16.0 Å². The largest absolute Gasteiger partial charge is 0.493 e. The summed E-state index contributed by atoms with van der Waals surface area (Å²) in [6.45, 7) is 1.82. The van der Waals surface area contributed by atoms with Gasteiger partial charge in [-0.3, -0.25) is 4.79 Å². The number of nitrogens with one attached hydrogen (secondary N) is 1. The first-order chi connectivity index (χ1) is 10.8. The van der Waals surface area contributed by atoms with E-state index in [1.807, 2.05) is 7.05 Å². The number of hydrogen-bond donors (Lipinski definition) is 1. The van der Waals surface area contributed by atoms with Gasteiger partial charge in [-0.15, -0.1) is 0 Å². The molecule has 23 heavy (non-hydrogen) atoms. The van der Waals surface area contributed by atoms with Crippen LogP contribution in [-0.4, -0.2) is 58.8 Å². The van der Waals surface area contributed by atoms with Gasteiger partial charge in [0.25, 0.3) is 5.91 Å². The van der Waals surface area contributed by atoms with Gasteiger partial charge in [0.2, 0.25) is 0 Å². The summed E-state index contributed by atoms with van der Waals surface area (Å²) in [4.78, 5) is 14.7. The van der Waals surface area contributed by atoms with Crippen LogP contribution in [0.5, 0.6) is 11.5 Å². The Morgan fingerprint density at radius 1 is 1.30 bits per heavy atom. The number of ether oxygens (including phenoxy) is 1. The highest BCUT2D eigenvalue weighted by atomic mass is 32.2. The summed E-state index contributed by atoms with van der Waals surface area (Å²) >= 11 is 0. The fourth-order valence-electron chi connectivity index (χ4n) is 2.51. The third-order valence-corrected chi connectivity index (χ3v) is 4.20. The van der Waals surface area contributed by atoms with E-state index in [-0.39, 0.29) is 29.0 Å². The number of likely N-dealkylation sites (tertiary alicyclic amines) is 1. The summed E-state index contributed by atoms with van der Waals surface area (Å²) in [5, 5.41) is 2.94. The van der Waals surface area contributed by atoms with Crippen LogP contribution in [0.15, 0.2) is 18.2 Å². The van der Waals surface area contributed by atoms with Gasteiger partial charge in [-0.2, -0.15) is 8.42 Å². The number of methoxy groups -OCH3 is 1. The molecule has 0 aliphatic carbocycles. The molecule has 1 aliphatic heterocycles. The quantitative estimate of drug-likeness (QED) is 0.799. The van der Waals surface area contributed by atoms with Crippen LogP contribution in [0.4, 0.5) is 0 Å². The lowest BCUT2D eigenvalue weighted by molar-refractivity contribution is 0.0915. The molecule has 0 bridgehead atoms. The molecule has 0 saturated carbocycles. The minimum Gasteiger partial charge on any atom is -0.493 e. The van der Waals surface area contributed by atoms with Crippen LogP contribution < -0.4 is 14.2 Å². The number of para-hydroxylation sites is 1. The normalized spacial score (nSPS) is 16.8. The zero-order chi connectivity index (χ0) is 17.0. The minimum atomic E-state index is -3.77. The van der Waals surface area contributed by atoms with E-state index in [2.05, 4.69) is 10.2 Å². The van der Waals surface area contributed by atoms with Gasteiger partial charge in [-0.1, -0.05) is 6.07 Å². The highest BCUT2D eigenvalue weighted by Gasteiger charge is 2.24. The molecule has 1 heterocycles. The Hall–Kier alpha value is -1.80. The van der Waals surface area contributed by atoms with Gasteiger partial charge < -0.3 is 19.1 Å². The molecule has 128 valence electrons. The molecule has 0 unspecified atom stereocenters. The Labute approximate surface area is 136 Å². The molecule has 1 aromatic rings. The maximum atomic E-state index is 12.5. The molecule has 8 heteroatoms. The van der Waals surface area contributed by atoms with Crippen LogP contribution in [0.25, 0.3) is 0 Å². The third-order valence-electron chi connectivity index (χ3n) is 3.73. The van der Waals surface area contributed by atoms with E-state index in [1.54, 1.807) is 12.1 Å². The standard InChI is InChI=1S/C15H22N2O5S/c1-17-9-7-11(8-10-17)16-15(18)12-5-4-6-13(21-2)14(12)22-23(3,19)20/h4-6,11H,7-10H2,1-3H3,(H,16,18). The molecule has 1 saturated heterocycles. The summed E-state index contributed by atoms with van der Waals surface area (Å²) in [6, 6.07) is 4.76. The van der Waals surface area contributed by atoms with Gasteiger partial charge in [0.05, 0.1) is 18.9 Å². The monoisotopic (exact) mass is 342 g/mol. The van der Waals surface area contributed by atoms with Crippen LogP contribution in [0, 0.1) is 0 Å². The lowest BCUT2D eigenvalue weighted by atomic mass is 10.0. The molecule has 1 aliphatic rings. The number of nitrogens with zero attached hydrogens (tertiary/aromatic N) is 1. The minimum absolute atomic E-state index is 0.0657. The first-order valence-corrected chi connectivity index (χ1v) is 9.17. The van der Waals surface area contributed by atoms with E-state index in [9.17, 15) is 13.2 Å². The van der Waals surface area contributed by atoms with Crippen LogP contribution in [0.2, 0.25) is 0 Å². The van der Waals surface area contributed by atoms with Crippen molar-refractivity contribution < 1.29 is 22.1 Å². The number of carbonyl (C=O) groups is 1. The number of hydrogen-bond acceptors (Lipinski definition) is 6. The molecule has 1 fully saturated rings. The van der Waals surface area contributed by atoms with Gasteiger partial charge in [-0.25, -0.2) is 0 Å². The van der Waals surface area contributed by atoms with Gasteiger partial charge >= 0.3 is 10.1 Å². The van der Waals surface area contributed by atoms with Gasteiger partial charge in [0.1, 0.15) is 0 Å². The lowest BCUT2D eigenvalue weighted by Gasteiger charge is -2.29. The number of carbonyl (C=O) groups excluding carboxylic acids is 1. The fourth-order valence-corrected chi connectivity index (χ4v) is 2.98. The number of benzene rings is 1. The lowest BCUT2D eigenvalue weighted by Crippen LogP contribution is -2.43. The predicted molar refractivity (Wildman–Crippen MR) is 86.5 cm³/mol. The Bertz CT molecular complexity index is 666. The van der Waals surface area contributed by atoms with E-state index < -0.39 is 10.1 Å². The Balaban J connectivity index is 2.22. The Morgan fingerprint density at radius 2 is 1.96 bits per heavy atom. The van der Waals surface area contributed by atoms with Crippen LogP contribution in [0.3, 0.4) is 0 Å². The summed E-state index contributed by atoms with van der Waals surface area (Å²) < 4.78 is 33.0. The van der Waals surface area contributed by atoms with Crippen LogP contribution in [-0.2, 0) is 10.1 Å². The summed E-state index contributed by atoms with van der Waals surface area (Å²) in [5.74, 6) is -0.244. The van der Waals surface area contributed by atoms with Crippen molar-refractivity contribution in [3.8, 4) is 11.5 Å². The average Bonchev–Trinajstić information content (AvgIpc) is 2.48. The van der Waals surface area contributed by atoms with Crippen molar-refractivity contribution in [1.82, 2.24) is 10.2 Å². The number of rotatable bonds is 5. The molecule has 0 atom stereocenters. The van der Waals surface area contributed by atoms with Gasteiger partial charge in [0, 0.05) is 6.04 Å². The third kappa shape index (κ3) is 4.84. The van der Waals surface area contributed by atoms with Gasteiger partial charge in [0.15, 0.2) is 11.5 Å². The van der Waals surface area contributed by atoms with Gasteiger partial charge in [-0.05, 0) is 45.1 Å². The fraction of sp³-hybridized carbons (Fsp3) is 0.533. The smallest absolute Gasteiger partial charge is 0.306 e. The van der Waals surface area contributed by atoms with E-state index in [0.717, 1.165) is 32.2 Å². The van der Waals surface area contributed by atoms with Crippen molar-refractivity contribution in [1.29, 1.82) is 0 Å². The molecule has 2 rings (SSSR count). The van der Waals surface area contributed by atoms with Crippen molar-refractivity contribution in [2.24, 2.45) is 0 Å². The van der Waals surface area contributed by atoms with Crippen molar-refractivity contribution in [3.63, 3.8) is 0 Å². The second-order valence-corrected chi connectivity index (χ2v) is 7.25. The topological polar surface area (TPSA) is 84.9 Å². The molecule has 0 radical (unpaired) electrons. The number of amides is 1. The zero-order valence-corrected chi connectivity index (χ0v) is 14.4. The predicted octanol–water partition coefficient (Wildman–Crippen LogP) is 0.858. The van der Waals surface area contributed by atoms with Crippen LogP contribution in [0.1, 0.15) is 23.2 Å². The maximum absolute atomic E-state index is 12.5. The zero-order valence-electron chi connectivity index (χ0n) is 13.5. The summed E-state index contributed by atoms with van der Waals surface area (Å²) in [5.41, 5.74) is 0.147. The van der Waals surface area contributed by atoms with E-state index in [1.165, 1.54) is 13.2 Å². The second kappa shape index (κ2) is 7.18. The van der Waals surface area contributed by atoms with E-state index in [4.69, 9.17) is 8.92 Å². The maximum Gasteiger partial charge on any atom is 0.306 e. The summed E-state index contributed by atoms with van der Waals surface area (Å²) in [6.07, 6.45) is 2.64. The molecule has 1 aromatic carbocycles. The number of piperidine rings is 1. The molecule has 0 spiro atoms. The van der Waals surface area contributed by atoms with E-state index >= 15 is 0 Å². The average molecular weight is 342 g/mol. The molecule has 0 aromatic heterocycles. The molecular formula is C15H22N2O5S. The first kappa shape index (κ1) is 17.6. The SMILES string of the molecule is COc1cccc(C(=O)NC2CCN(C)CC2)c1OS(C)(=O)=O. The molecule has 7 nitrogen and oxygen atoms in total. The Kier molecular flexibility index (Phi) is 5.48. The molecule has 1 N–H and O–H groups in total.